The molecule has 2 atom stereocenters. The molecular formula is C20H26N2O5. The number of fused-ring (bicyclic) bond motifs is 3. The Hall–Kier alpha value is -2.28. The molecule has 0 aliphatic carbocycles. The molecule has 2 fully saturated rings. The highest BCUT2D eigenvalue weighted by Gasteiger charge is 2.57. The average Bonchev–Trinajstić information content (AvgIpc) is 3.08. The van der Waals surface area contributed by atoms with E-state index in [2.05, 4.69) is 0 Å². The SMILES string of the molecule is COc1cccc2c1OC[C@]1(C(=O)O)CN(CC(=O)N3CCCCC3)CC21. The van der Waals surface area contributed by atoms with Crippen molar-refractivity contribution in [2.45, 2.75) is 25.2 Å². The van der Waals surface area contributed by atoms with Gasteiger partial charge in [-0.1, -0.05) is 12.1 Å². The van der Waals surface area contributed by atoms with Crippen molar-refractivity contribution in [1.29, 1.82) is 0 Å². The maximum atomic E-state index is 12.7. The second-order valence-corrected chi connectivity index (χ2v) is 7.79. The fourth-order valence-corrected chi connectivity index (χ4v) is 4.71. The van der Waals surface area contributed by atoms with Crippen molar-refractivity contribution in [3.05, 3.63) is 23.8 Å². The Morgan fingerprint density at radius 3 is 2.78 bits per heavy atom. The first-order chi connectivity index (χ1) is 13.0. The number of carboxylic acid groups (broad SMARTS) is 1. The third-order valence-corrected chi connectivity index (χ3v) is 6.19. The second-order valence-electron chi connectivity index (χ2n) is 7.79. The van der Waals surface area contributed by atoms with Gasteiger partial charge in [0.05, 0.1) is 13.7 Å². The zero-order chi connectivity index (χ0) is 19.0. The first kappa shape index (κ1) is 18.1. The number of likely N-dealkylation sites (tertiary alicyclic amines) is 2. The topological polar surface area (TPSA) is 79.3 Å². The van der Waals surface area contributed by atoms with Crippen LogP contribution >= 0.6 is 0 Å². The van der Waals surface area contributed by atoms with Crippen molar-refractivity contribution in [3.8, 4) is 11.5 Å². The highest BCUT2D eigenvalue weighted by Crippen LogP contribution is 2.52. The third-order valence-electron chi connectivity index (χ3n) is 6.19. The van der Waals surface area contributed by atoms with Crippen LogP contribution in [-0.4, -0.2) is 73.2 Å². The lowest BCUT2D eigenvalue weighted by Crippen LogP contribution is -2.46. The van der Waals surface area contributed by atoms with E-state index in [1.165, 1.54) is 6.42 Å². The Morgan fingerprint density at radius 1 is 1.30 bits per heavy atom. The zero-order valence-electron chi connectivity index (χ0n) is 15.6. The van der Waals surface area contributed by atoms with E-state index in [0.29, 0.717) is 24.6 Å². The predicted molar refractivity (Wildman–Crippen MR) is 98.2 cm³/mol. The molecule has 4 rings (SSSR count). The van der Waals surface area contributed by atoms with E-state index in [9.17, 15) is 14.7 Å². The van der Waals surface area contributed by atoms with E-state index in [4.69, 9.17) is 9.47 Å². The summed E-state index contributed by atoms with van der Waals surface area (Å²) in [6.45, 7) is 2.84. The Kier molecular flexibility index (Phi) is 4.72. The molecule has 0 spiro atoms. The lowest BCUT2D eigenvalue weighted by molar-refractivity contribution is -0.152. The molecule has 1 unspecified atom stereocenters. The van der Waals surface area contributed by atoms with Gasteiger partial charge < -0.3 is 19.5 Å². The van der Waals surface area contributed by atoms with Crippen LogP contribution in [-0.2, 0) is 9.59 Å². The van der Waals surface area contributed by atoms with Crippen molar-refractivity contribution in [2.75, 3.05) is 46.4 Å². The number of nitrogens with zero attached hydrogens (tertiary/aromatic N) is 2. The van der Waals surface area contributed by atoms with Crippen molar-refractivity contribution < 1.29 is 24.2 Å². The van der Waals surface area contributed by atoms with Crippen LogP contribution in [0.3, 0.4) is 0 Å². The highest BCUT2D eigenvalue weighted by molar-refractivity contribution is 5.81. The molecule has 7 nitrogen and oxygen atoms in total. The summed E-state index contributed by atoms with van der Waals surface area (Å²) in [6, 6.07) is 5.59. The van der Waals surface area contributed by atoms with E-state index >= 15 is 0 Å². The van der Waals surface area contributed by atoms with Gasteiger partial charge >= 0.3 is 5.97 Å². The standard InChI is InChI=1S/C20H26N2O5/c1-26-16-7-5-6-14-15-10-21(11-17(23)22-8-3-2-4-9-22)12-20(15,19(24)25)13-27-18(14)16/h5-7,15H,2-4,8-13H2,1H3,(H,24,25)/t15?,20-/m1/s1. The Labute approximate surface area is 158 Å². The number of aliphatic carboxylic acids is 1. The predicted octanol–water partition coefficient (Wildman–Crippen LogP) is 1.57. The van der Waals surface area contributed by atoms with Crippen LogP contribution in [0.2, 0.25) is 0 Å². The number of methoxy groups -OCH3 is 1. The molecule has 146 valence electrons. The fraction of sp³-hybridized carbons (Fsp3) is 0.600. The lowest BCUT2D eigenvalue weighted by atomic mass is 9.73. The highest BCUT2D eigenvalue weighted by atomic mass is 16.5. The van der Waals surface area contributed by atoms with E-state index in [0.717, 1.165) is 31.5 Å². The number of para-hydroxylation sites is 1. The number of piperidine rings is 1. The van der Waals surface area contributed by atoms with Gasteiger partial charge in [-0.15, -0.1) is 0 Å². The fourth-order valence-electron chi connectivity index (χ4n) is 4.71. The molecule has 0 aromatic heterocycles. The van der Waals surface area contributed by atoms with Crippen LogP contribution in [0, 0.1) is 5.41 Å². The molecule has 1 aromatic rings. The molecule has 1 N–H and O–H groups in total. The van der Waals surface area contributed by atoms with Gasteiger partial charge in [-0.3, -0.25) is 14.5 Å². The summed E-state index contributed by atoms with van der Waals surface area (Å²) < 4.78 is 11.2. The summed E-state index contributed by atoms with van der Waals surface area (Å²) in [6.07, 6.45) is 3.27. The molecule has 3 aliphatic heterocycles. The number of amides is 1. The normalized spacial score (nSPS) is 27.4. The summed E-state index contributed by atoms with van der Waals surface area (Å²) in [5.74, 6) is 0.262. The van der Waals surface area contributed by atoms with E-state index in [1.807, 2.05) is 28.0 Å². The average molecular weight is 374 g/mol. The van der Waals surface area contributed by atoms with E-state index in [-0.39, 0.29) is 25.0 Å². The molecule has 2 saturated heterocycles. The summed E-state index contributed by atoms with van der Waals surface area (Å²) in [5.41, 5.74) is -0.169. The van der Waals surface area contributed by atoms with Gasteiger partial charge in [-0.25, -0.2) is 0 Å². The van der Waals surface area contributed by atoms with Crippen LogP contribution < -0.4 is 9.47 Å². The number of benzene rings is 1. The first-order valence-corrected chi connectivity index (χ1v) is 9.58. The van der Waals surface area contributed by atoms with Crippen molar-refractivity contribution in [1.82, 2.24) is 9.80 Å². The quantitative estimate of drug-likeness (QED) is 0.862. The molecule has 3 aliphatic rings. The lowest BCUT2D eigenvalue weighted by Gasteiger charge is -2.36. The summed E-state index contributed by atoms with van der Waals surface area (Å²) >= 11 is 0. The van der Waals surface area contributed by atoms with Crippen LogP contribution in [0.1, 0.15) is 30.7 Å². The van der Waals surface area contributed by atoms with E-state index in [1.54, 1.807) is 7.11 Å². The Balaban J connectivity index is 1.58. The maximum absolute atomic E-state index is 12.7. The van der Waals surface area contributed by atoms with Gasteiger partial charge in [0.2, 0.25) is 5.91 Å². The molecule has 3 heterocycles. The molecule has 0 bridgehead atoms. The monoisotopic (exact) mass is 374 g/mol. The Morgan fingerprint density at radius 2 is 2.07 bits per heavy atom. The molecule has 27 heavy (non-hydrogen) atoms. The number of carboxylic acids is 1. The van der Waals surface area contributed by atoms with Gasteiger partial charge in [0.15, 0.2) is 11.5 Å². The van der Waals surface area contributed by atoms with Crippen LogP contribution in [0.15, 0.2) is 18.2 Å². The summed E-state index contributed by atoms with van der Waals surface area (Å²) in [7, 11) is 1.58. The molecule has 1 amide bonds. The molecule has 0 radical (unpaired) electrons. The van der Waals surface area contributed by atoms with Gasteiger partial charge in [0, 0.05) is 37.7 Å². The number of rotatable bonds is 4. The smallest absolute Gasteiger partial charge is 0.315 e. The number of hydrogen-bond acceptors (Lipinski definition) is 5. The second kappa shape index (κ2) is 7.03. The molecule has 1 aromatic carbocycles. The largest absolute Gasteiger partial charge is 0.493 e. The zero-order valence-corrected chi connectivity index (χ0v) is 15.6. The van der Waals surface area contributed by atoms with Crippen molar-refractivity contribution in [3.63, 3.8) is 0 Å². The number of carbonyl (C=O) groups excluding carboxylic acids is 1. The number of ether oxygens (including phenoxy) is 2. The first-order valence-electron chi connectivity index (χ1n) is 9.58. The minimum absolute atomic E-state index is 0.0920. The van der Waals surface area contributed by atoms with Crippen molar-refractivity contribution in [2.24, 2.45) is 5.41 Å². The summed E-state index contributed by atoms with van der Waals surface area (Å²) in [5, 5.41) is 10.0. The van der Waals surface area contributed by atoms with Gasteiger partial charge in [0.1, 0.15) is 12.0 Å². The third kappa shape index (κ3) is 3.04. The number of carbonyl (C=O) groups is 2. The minimum Gasteiger partial charge on any atom is -0.493 e. The summed E-state index contributed by atoms with van der Waals surface area (Å²) in [4.78, 5) is 28.8. The van der Waals surface area contributed by atoms with E-state index < -0.39 is 11.4 Å². The molecule has 7 heteroatoms. The van der Waals surface area contributed by atoms with Gasteiger partial charge in [-0.2, -0.15) is 0 Å². The maximum Gasteiger partial charge on any atom is 0.315 e. The molecular weight excluding hydrogens is 348 g/mol. The van der Waals surface area contributed by atoms with Crippen LogP contribution in [0.25, 0.3) is 0 Å². The van der Waals surface area contributed by atoms with Crippen molar-refractivity contribution >= 4 is 11.9 Å². The number of hydrogen-bond donors (Lipinski definition) is 1. The Bertz CT molecular complexity index is 746. The molecule has 0 saturated carbocycles. The van der Waals surface area contributed by atoms with Gasteiger partial charge in [-0.05, 0) is 25.3 Å². The minimum atomic E-state index is -1.03. The van der Waals surface area contributed by atoms with Crippen LogP contribution in [0.5, 0.6) is 11.5 Å². The van der Waals surface area contributed by atoms with Crippen LogP contribution in [0.4, 0.5) is 0 Å². The van der Waals surface area contributed by atoms with Gasteiger partial charge in [0.25, 0.3) is 0 Å².